The Kier molecular flexibility index (Phi) is 5.41. The van der Waals surface area contributed by atoms with Gasteiger partial charge in [0.05, 0.1) is 15.5 Å². The van der Waals surface area contributed by atoms with Crippen LogP contribution in [0, 0.1) is 13.8 Å². The van der Waals surface area contributed by atoms with Gasteiger partial charge in [-0.05, 0) is 49.6 Å². The summed E-state index contributed by atoms with van der Waals surface area (Å²) in [5, 5.41) is 10.9. The maximum atomic E-state index is 12.5. The van der Waals surface area contributed by atoms with E-state index < -0.39 is 10.0 Å². The summed E-state index contributed by atoms with van der Waals surface area (Å²) in [6, 6.07) is 9.69. The van der Waals surface area contributed by atoms with Gasteiger partial charge in [-0.2, -0.15) is 0 Å². The number of benzene rings is 1. The molecule has 3 heterocycles. The number of amides is 1. The topological polar surface area (TPSA) is 114 Å². The molecular formula is C19H16N4O4S3. The quantitative estimate of drug-likeness (QED) is 0.437. The summed E-state index contributed by atoms with van der Waals surface area (Å²) in [4.78, 5) is 17.8. The molecule has 0 saturated heterocycles. The first-order valence-corrected chi connectivity index (χ1v) is 11.9. The van der Waals surface area contributed by atoms with Gasteiger partial charge in [0.25, 0.3) is 15.9 Å². The van der Waals surface area contributed by atoms with Gasteiger partial charge < -0.3 is 9.84 Å². The molecule has 0 atom stereocenters. The van der Waals surface area contributed by atoms with Crippen molar-refractivity contribution < 1.29 is 17.7 Å². The minimum Gasteiger partial charge on any atom is -0.337 e. The summed E-state index contributed by atoms with van der Waals surface area (Å²) >= 11 is 2.95. The molecule has 0 fully saturated rings. The number of sulfonamides is 1. The average molecular weight is 461 g/mol. The molecule has 0 radical (unpaired) electrons. The molecule has 0 unspecified atom stereocenters. The number of rotatable bonds is 6. The average Bonchev–Trinajstić information content (AvgIpc) is 3.46. The second-order valence-corrected chi connectivity index (χ2v) is 9.81. The fraction of sp³-hybridized carbons (Fsp3) is 0.105. The molecule has 2 N–H and O–H groups in total. The van der Waals surface area contributed by atoms with E-state index in [0.717, 1.165) is 9.88 Å². The highest BCUT2D eigenvalue weighted by Crippen LogP contribution is 2.28. The second kappa shape index (κ2) is 8.01. The van der Waals surface area contributed by atoms with Crippen molar-refractivity contribution in [3.8, 4) is 9.88 Å². The first-order chi connectivity index (χ1) is 14.3. The standard InChI is InChI=1S/C19H16N4O4S3/c1-11-12(2)22-27-18(11)23-30(25,26)14-7-5-13(6-8-14)20-17(24)15-10-29-19(21-15)16-4-3-9-28-16/h3-10,23H,1-2H3,(H,20,24). The number of hydrogen-bond donors (Lipinski definition) is 2. The molecule has 11 heteroatoms. The number of carbonyl (C=O) groups is 1. The van der Waals surface area contributed by atoms with E-state index in [1.54, 1.807) is 30.6 Å². The van der Waals surface area contributed by atoms with Gasteiger partial charge >= 0.3 is 0 Å². The van der Waals surface area contributed by atoms with Crippen LogP contribution in [0.15, 0.2) is 56.6 Å². The van der Waals surface area contributed by atoms with Gasteiger partial charge in [0, 0.05) is 16.6 Å². The molecular weight excluding hydrogens is 444 g/mol. The highest BCUT2D eigenvalue weighted by Gasteiger charge is 2.19. The maximum absolute atomic E-state index is 12.5. The van der Waals surface area contributed by atoms with Gasteiger partial charge in [-0.25, -0.2) is 18.1 Å². The highest BCUT2D eigenvalue weighted by atomic mass is 32.2. The number of nitrogens with zero attached hydrogens (tertiary/aromatic N) is 2. The smallest absolute Gasteiger partial charge is 0.275 e. The molecule has 0 spiro atoms. The largest absolute Gasteiger partial charge is 0.337 e. The van der Waals surface area contributed by atoms with Crippen LogP contribution in [-0.2, 0) is 10.0 Å². The number of aromatic nitrogens is 2. The van der Waals surface area contributed by atoms with Crippen molar-refractivity contribution in [2.75, 3.05) is 10.0 Å². The lowest BCUT2D eigenvalue weighted by atomic mass is 10.3. The van der Waals surface area contributed by atoms with Gasteiger partial charge in [-0.15, -0.1) is 22.7 Å². The Morgan fingerprint density at radius 3 is 2.50 bits per heavy atom. The zero-order valence-electron chi connectivity index (χ0n) is 15.9. The van der Waals surface area contributed by atoms with Gasteiger partial charge in [-0.1, -0.05) is 11.2 Å². The SMILES string of the molecule is Cc1noc(NS(=O)(=O)c2ccc(NC(=O)c3csc(-c4cccs4)n3)cc2)c1C. The Hall–Kier alpha value is -3.02. The molecule has 0 saturated carbocycles. The molecule has 0 aliphatic rings. The van der Waals surface area contributed by atoms with Crippen molar-refractivity contribution >= 4 is 50.2 Å². The summed E-state index contributed by atoms with van der Waals surface area (Å²) in [7, 11) is -3.85. The van der Waals surface area contributed by atoms with Crippen LogP contribution in [-0.4, -0.2) is 24.5 Å². The van der Waals surface area contributed by atoms with Crippen LogP contribution in [0.1, 0.15) is 21.7 Å². The molecule has 1 aromatic carbocycles. The van der Waals surface area contributed by atoms with Gasteiger partial charge in [0.2, 0.25) is 5.88 Å². The Balaban J connectivity index is 1.45. The fourth-order valence-corrected chi connectivity index (χ4v) is 5.16. The molecule has 0 aliphatic carbocycles. The van der Waals surface area contributed by atoms with Crippen molar-refractivity contribution in [2.24, 2.45) is 0 Å². The summed E-state index contributed by atoms with van der Waals surface area (Å²) in [5.74, 6) is -0.287. The zero-order chi connectivity index (χ0) is 21.3. The minimum absolute atomic E-state index is 0.0302. The van der Waals surface area contributed by atoms with Crippen LogP contribution >= 0.6 is 22.7 Å². The lowest BCUT2D eigenvalue weighted by Crippen LogP contribution is -2.14. The van der Waals surface area contributed by atoms with Gasteiger partial charge in [0.1, 0.15) is 10.7 Å². The van der Waals surface area contributed by atoms with Crippen molar-refractivity contribution in [3.05, 3.63) is 64.1 Å². The number of thiophene rings is 1. The van der Waals surface area contributed by atoms with Crippen molar-refractivity contribution in [3.63, 3.8) is 0 Å². The third-order valence-electron chi connectivity index (χ3n) is 4.28. The molecule has 0 aliphatic heterocycles. The van der Waals surface area contributed by atoms with E-state index in [0.29, 0.717) is 22.6 Å². The van der Waals surface area contributed by atoms with Crippen LogP contribution in [0.2, 0.25) is 0 Å². The van der Waals surface area contributed by atoms with E-state index in [1.165, 1.54) is 35.6 Å². The number of aryl methyl sites for hydroxylation is 1. The van der Waals surface area contributed by atoms with Crippen molar-refractivity contribution in [1.29, 1.82) is 0 Å². The Morgan fingerprint density at radius 1 is 1.10 bits per heavy atom. The zero-order valence-corrected chi connectivity index (χ0v) is 18.3. The van der Waals surface area contributed by atoms with E-state index in [4.69, 9.17) is 4.52 Å². The van der Waals surface area contributed by atoms with Crippen LogP contribution < -0.4 is 10.0 Å². The lowest BCUT2D eigenvalue weighted by Gasteiger charge is -2.07. The maximum Gasteiger partial charge on any atom is 0.275 e. The Bertz CT molecular complexity index is 1290. The number of nitrogens with one attached hydrogen (secondary N) is 2. The first kappa shape index (κ1) is 20.3. The lowest BCUT2D eigenvalue weighted by molar-refractivity contribution is 0.102. The van der Waals surface area contributed by atoms with Crippen molar-refractivity contribution in [2.45, 2.75) is 18.7 Å². The molecule has 0 bridgehead atoms. The van der Waals surface area contributed by atoms with Gasteiger partial charge in [-0.3, -0.25) is 4.79 Å². The normalized spacial score (nSPS) is 11.4. The summed E-state index contributed by atoms with van der Waals surface area (Å²) in [6.07, 6.45) is 0. The highest BCUT2D eigenvalue weighted by molar-refractivity contribution is 7.92. The summed E-state index contributed by atoms with van der Waals surface area (Å²) < 4.78 is 32.5. The first-order valence-electron chi connectivity index (χ1n) is 8.70. The number of carbonyl (C=O) groups excluding carboxylic acids is 1. The molecule has 3 aromatic heterocycles. The predicted molar refractivity (Wildman–Crippen MR) is 117 cm³/mol. The molecule has 30 heavy (non-hydrogen) atoms. The van der Waals surface area contributed by atoms with E-state index >= 15 is 0 Å². The van der Waals surface area contributed by atoms with E-state index in [1.807, 2.05) is 17.5 Å². The second-order valence-electron chi connectivity index (χ2n) is 6.32. The fourth-order valence-electron chi connectivity index (χ4n) is 2.50. The molecule has 4 aromatic rings. The van der Waals surface area contributed by atoms with E-state index in [-0.39, 0.29) is 16.7 Å². The summed E-state index contributed by atoms with van der Waals surface area (Å²) in [6.45, 7) is 3.44. The summed E-state index contributed by atoms with van der Waals surface area (Å²) in [5.41, 5.74) is 1.98. The van der Waals surface area contributed by atoms with Crippen LogP contribution in [0.5, 0.6) is 0 Å². The third-order valence-corrected chi connectivity index (χ3v) is 7.50. The van der Waals surface area contributed by atoms with Crippen LogP contribution in [0.3, 0.4) is 0 Å². The third kappa shape index (κ3) is 4.13. The number of hydrogen-bond acceptors (Lipinski definition) is 8. The van der Waals surface area contributed by atoms with Crippen LogP contribution in [0.25, 0.3) is 9.88 Å². The monoisotopic (exact) mass is 460 g/mol. The van der Waals surface area contributed by atoms with Gasteiger partial charge in [0.15, 0.2) is 0 Å². The molecule has 1 amide bonds. The Morgan fingerprint density at radius 2 is 1.87 bits per heavy atom. The predicted octanol–water partition coefficient (Wildman–Crippen LogP) is 4.53. The van der Waals surface area contributed by atoms with E-state index in [2.05, 4.69) is 20.2 Å². The van der Waals surface area contributed by atoms with Crippen LogP contribution in [0.4, 0.5) is 11.6 Å². The minimum atomic E-state index is -3.85. The van der Waals surface area contributed by atoms with E-state index in [9.17, 15) is 13.2 Å². The molecule has 4 rings (SSSR count). The molecule has 8 nitrogen and oxygen atoms in total. The number of anilines is 2. The van der Waals surface area contributed by atoms with Crippen molar-refractivity contribution in [1.82, 2.24) is 10.1 Å². The Labute approximate surface area is 180 Å². The number of thiazole rings is 1. The molecule has 154 valence electrons.